The molecule has 1 saturated carbocycles. The van der Waals surface area contributed by atoms with E-state index in [1.165, 1.54) is 11.1 Å². The summed E-state index contributed by atoms with van der Waals surface area (Å²) in [4.78, 5) is 12.3. The Labute approximate surface area is 127 Å². The van der Waals surface area contributed by atoms with Crippen LogP contribution in [-0.4, -0.2) is 24.7 Å². The lowest BCUT2D eigenvalue weighted by atomic mass is 9.96. The van der Waals surface area contributed by atoms with E-state index in [1.54, 1.807) is 0 Å². The van der Waals surface area contributed by atoms with Gasteiger partial charge in [-0.05, 0) is 56.1 Å². The Morgan fingerprint density at radius 2 is 2.19 bits per heavy atom. The summed E-state index contributed by atoms with van der Waals surface area (Å²) in [6.45, 7) is 3.75. The van der Waals surface area contributed by atoms with E-state index >= 15 is 0 Å². The maximum absolute atomic E-state index is 12.3. The number of aryl methyl sites for hydroxylation is 1. The molecule has 1 N–H and O–H groups in total. The standard InChI is InChI=1S/C18H25NO2/c1-14-5-2-3-7-16(14)12-18(8-9-18)19-17(20)11-15-6-4-10-21-13-15/h2-3,5,7,15H,4,6,8-13H2,1H3,(H,19,20)/t15-/m1/s1. The minimum absolute atomic E-state index is 0.0265. The van der Waals surface area contributed by atoms with E-state index in [1.807, 2.05) is 0 Å². The maximum Gasteiger partial charge on any atom is 0.220 e. The van der Waals surface area contributed by atoms with Crippen LogP contribution >= 0.6 is 0 Å². The van der Waals surface area contributed by atoms with Gasteiger partial charge in [0.1, 0.15) is 0 Å². The second-order valence-corrected chi connectivity index (χ2v) is 6.72. The van der Waals surface area contributed by atoms with Crippen molar-refractivity contribution >= 4 is 5.91 Å². The average Bonchev–Trinajstić information content (AvgIpc) is 3.22. The third kappa shape index (κ3) is 3.85. The third-order valence-corrected chi connectivity index (χ3v) is 4.78. The Morgan fingerprint density at radius 3 is 2.86 bits per heavy atom. The predicted molar refractivity (Wildman–Crippen MR) is 83.2 cm³/mol. The van der Waals surface area contributed by atoms with Gasteiger partial charge in [0.15, 0.2) is 0 Å². The van der Waals surface area contributed by atoms with Crippen LogP contribution < -0.4 is 5.32 Å². The summed E-state index contributed by atoms with van der Waals surface area (Å²) in [5, 5.41) is 3.30. The van der Waals surface area contributed by atoms with Gasteiger partial charge in [-0.25, -0.2) is 0 Å². The molecule has 1 aromatic rings. The van der Waals surface area contributed by atoms with Crippen LogP contribution in [-0.2, 0) is 16.0 Å². The maximum atomic E-state index is 12.3. The van der Waals surface area contributed by atoms with Crippen LogP contribution in [0, 0.1) is 12.8 Å². The van der Waals surface area contributed by atoms with Crippen LogP contribution in [0.15, 0.2) is 24.3 Å². The fourth-order valence-electron chi connectivity index (χ4n) is 3.25. The first-order valence-electron chi connectivity index (χ1n) is 8.10. The molecule has 3 rings (SSSR count). The highest BCUT2D eigenvalue weighted by Gasteiger charge is 2.44. The Hall–Kier alpha value is -1.35. The van der Waals surface area contributed by atoms with Crippen LogP contribution in [0.4, 0.5) is 0 Å². The highest BCUT2D eigenvalue weighted by Crippen LogP contribution is 2.39. The molecule has 1 aliphatic carbocycles. The molecule has 3 heteroatoms. The number of nitrogens with one attached hydrogen (secondary N) is 1. The SMILES string of the molecule is Cc1ccccc1CC1(NC(=O)C[C@H]2CCCOC2)CC1. The first-order valence-corrected chi connectivity index (χ1v) is 8.10. The fraction of sp³-hybridized carbons (Fsp3) is 0.611. The number of carbonyl (C=O) groups is 1. The number of hydrogen-bond donors (Lipinski definition) is 1. The molecule has 2 fully saturated rings. The summed E-state index contributed by atoms with van der Waals surface area (Å²) in [5.41, 5.74) is 2.70. The topological polar surface area (TPSA) is 38.3 Å². The molecule has 3 nitrogen and oxygen atoms in total. The van der Waals surface area contributed by atoms with Crippen molar-refractivity contribution in [2.75, 3.05) is 13.2 Å². The minimum Gasteiger partial charge on any atom is -0.381 e. The molecular formula is C18H25NO2. The smallest absolute Gasteiger partial charge is 0.220 e. The van der Waals surface area contributed by atoms with E-state index in [0.29, 0.717) is 12.3 Å². The average molecular weight is 287 g/mol. The van der Waals surface area contributed by atoms with E-state index in [0.717, 1.165) is 45.3 Å². The van der Waals surface area contributed by atoms with Crippen molar-refractivity contribution in [1.29, 1.82) is 0 Å². The summed E-state index contributed by atoms with van der Waals surface area (Å²) in [7, 11) is 0. The zero-order valence-electron chi connectivity index (χ0n) is 12.9. The second kappa shape index (κ2) is 6.18. The highest BCUT2D eigenvalue weighted by molar-refractivity contribution is 5.77. The number of hydrogen-bond acceptors (Lipinski definition) is 2. The predicted octanol–water partition coefficient (Wildman–Crippen LogP) is 3.00. The molecule has 1 heterocycles. The summed E-state index contributed by atoms with van der Waals surface area (Å²) in [6.07, 6.45) is 6.01. The van der Waals surface area contributed by atoms with Crippen molar-refractivity contribution in [3.63, 3.8) is 0 Å². The third-order valence-electron chi connectivity index (χ3n) is 4.78. The molecule has 1 atom stereocenters. The Kier molecular flexibility index (Phi) is 4.29. The minimum atomic E-state index is 0.0265. The monoisotopic (exact) mass is 287 g/mol. The molecule has 21 heavy (non-hydrogen) atoms. The van der Waals surface area contributed by atoms with Crippen LogP contribution in [0.25, 0.3) is 0 Å². The van der Waals surface area contributed by atoms with Crippen LogP contribution in [0.3, 0.4) is 0 Å². The van der Waals surface area contributed by atoms with Crippen LogP contribution in [0.5, 0.6) is 0 Å². The number of ether oxygens (including phenoxy) is 1. The van der Waals surface area contributed by atoms with E-state index in [2.05, 4.69) is 36.5 Å². The van der Waals surface area contributed by atoms with Gasteiger partial charge < -0.3 is 10.1 Å². The van der Waals surface area contributed by atoms with Crippen molar-refractivity contribution in [2.24, 2.45) is 5.92 Å². The van der Waals surface area contributed by atoms with Crippen molar-refractivity contribution in [2.45, 2.75) is 51.0 Å². The fourth-order valence-corrected chi connectivity index (χ4v) is 3.25. The van der Waals surface area contributed by atoms with Gasteiger partial charge in [-0.3, -0.25) is 4.79 Å². The zero-order valence-corrected chi connectivity index (χ0v) is 12.9. The molecule has 1 saturated heterocycles. The zero-order chi connectivity index (χ0) is 14.7. The van der Waals surface area contributed by atoms with E-state index in [9.17, 15) is 4.79 Å². The lowest BCUT2D eigenvalue weighted by Crippen LogP contribution is -2.40. The molecule has 0 radical (unpaired) electrons. The molecule has 1 amide bonds. The molecule has 1 aliphatic heterocycles. The summed E-state index contributed by atoms with van der Waals surface area (Å²) in [5.74, 6) is 0.615. The van der Waals surface area contributed by atoms with Gasteiger partial charge in [-0.2, -0.15) is 0 Å². The van der Waals surface area contributed by atoms with Gasteiger partial charge in [0.2, 0.25) is 5.91 Å². The van der Waals surface area contributed by atoms with Gasteiger partial charge in [0.05, 0.1) is 0 Å². The van der Waals surface area contributed by atoms with Crippen molar-refractivity contribution in [3.8, 4) is 0 Å². The second-order valence-electron chi connectivity index (χ2n) is 6.72. The molecule has 114 valence electrons. The summed E-state index contributed by atoms with van der Waals surface area (Å²) >= 11 is 0. The molecular weight excluding hydrogens is 262 g/mol. The van der Waals surface area contributed by atoms with Gasteiger partial charge in [0.25, 0.3) is 0 Å². The Balaban J connectivity index is 1.54. The number of rotatable bonds is 5. The van der Waals surface area contributed by atoms with Crippen molar-refractivity contribution in [3.05, 3.63) is 35.4 Å². The molecule has 0 unspecified atom stereocenters. The Bertz CT molecular complexity index is 502. The van der Waals surface area contributed by atoms with Crippen LogP contribution in [0.2, 0.25) is 0 Å². The van der Waals surface area contributed by atoms with E-state index in [-0.39, 0.29) is 11.4 Å². The molecule has 0 aromatic heterocycles. The van der Waals surface area contributed by atoms with Crippen LogP contribution in [0.1, 0.15) is 43.2 Å². The number of amides is 1. The molecule has 0 spiro atoms. The van der Waals surface area contributed by atoms with Gasteiger partial charge in [-0.1, -0.05) is 24.3 Å². The number of carbonyl (C=O) groups excluding carboxylic acids is 1. The highest BCUT2D eigenvalue weighted by atomic mass is 16.5. The molecule has 0 bridgehead atoms. The first kappa shape index (κ1) is 14.6. The summed E-state index contributed by atoms with van der Waals surface area (Å²) < 4.78 is 5.46. The molecule has 1 aromatic carbocycles. The normalized spacial score (nSPS) is 23.6. The quantitative estimate of drug-likeness (QED) is 0.904. The van der Waals surface area contributed by atoms with E-state index < -0.39 is 0 Å². The summed E-state index contributed by atoms with van der Waals surface area (Å²) in [6, 6.07) is 8.47. The van der Waals surface area contributed by atoms with Gasteiger partial charge in [0, 0.05) is 25.2 Å². The molecule has 2 aliphatic rings. The van der Waals surface area contributed by atoms with Crippen molar-refractivity contribution in [1.82, 2.24) is 5.32 Å². The lowest BCUT2D eigenvalue weighted by Gasteiger charge is -2.24. The first-order chi connectivity index (χ1) is 10.2. The Morgan fingerprint density at radius 1 is 1.38 bits per heavy atom. The largest absolute Gasteiger partial charge is 0.381 e. The number of benzene rings is 1. The van der Waals surface area contributed by atoms with Crippen molar-refractivity contribution < 1.29 is 9.53 Å². The van der Waals surface area contributed by atoms with Gasteiger partial charge >= 0.3 is 0 Å². The lowest BCUT2D eigenvalue weighted by molar-refractivity contribution is -0.124. The van der Waals surface area contributed by atoms with Gasteiger partial charge in [-0.15, -0.1) is 0 Å². The van der Waals surface area contributed by atoms with E-state index in [4.69, 9.17) is 4.74 Å².